The zero-order chi connectivity index (χ0) is 19.8. The molecular formula is C19H19FN2O5. The molecule has 2 aromatic carbocycles. The molecule has 4 N–H and O–H groups in total. The second-order valence-electron chi connectivity index (χ2n) is 5.71. The van der Waals surface area contributed by atoms with Crippen LogP contribution in [0.15, 0.2) is 54.6 Å². The number of anilines is 1. The van der Waals surface area contributed by atoms with Crippen molar-refractivity contribution >= 4 is 17.7 Å². The number of aromatic hydroxyl groups is 1. The van der Waals surface area contributed by atoms with E-state index in [-0.39, 0.29) is 6.42 Å². The number of halogens is 1. The third-order valence-corrected chi connectivity index (χ3v) is 3.62. The minimum atomic E-state index is -0.923. The third-order valence-electron chi connectivity index (χ3n) is 3.62. The van der Waals surface area contributed by atoms with Crippen molar-refractivity contribution in [1.82, 2.24) is 5.48 Å². The van der Waals surface area contributed by atoms with Gasteiger partial charge >= 0.3 is 6.09 Å². The minimum absolute atomic E-state index is 0.0406. The number of phenols is 1. The molecule has 0 aliphatic heterocycles. The summed E-state index contributed by atoms with van der Waals surface area (Å²) in [5, 5.41) is 20.4. The number of hydrogen-bond donors (Lipinski definition) is 4. The van der Waals surface area contributed by atoms with Gasteiger partial charge in [0.15, 0.2) is 11.6 Å². The van der Waals surface area contributed by atoms with Crippen LogP contribution in [-0.4, -0.2) is 22.3 Å². The highest BCUT2D eigenvalue weighted by atomic mass is 19.1. The van der Waals surface area contributed by atoms with E-state index in [0.29, 0.717) is 11.3 Å². The molecule has 0 bridgehead atoms. The fourth-order valence-electron chi connectivity index (χ4n) is 2.23. The van der Waals surface area contributed by atoms with Crippen molar-refractivity contribution < 1.29 is 29.0 Å². The summed E-state index contributed by atoms with van der Waals surface area (Å²) < 4.78 is 19.0. The first-order chi connectivity index (χ1) is 12.9. The maximum absolute atomic E-state index is 13.6. The SMILES string of the molecule is Cc1ccc(NC(=O)O[C@@H](C/C=C/C(=O)NO)c2ccc(O)c(F)c2)cc1. The van der Waals surface area contributed by atoms with Crippen LogP contribution in [0.2, 0.25) is 0 Å². The zero-order valence-corrected chi connectivity index (χ0v) is 14.5. The summed E-state index contributed by atoms with van der Waals surface area (Å²) in [4.78, 5) is 23.2. The first-order valence-corrected chi connectivity index (χ1v) is 8.02. The van der Waals surface area contributed by atoms with Gasteiger partial charge in [0.2, 0.25) is 0 Å². The molecule has 1 atom stereocenters. The Kier molecular flexibility index (Phi) is 6.90. The number of nitrogens with one attached hydrogen (secondary N) is 2. The zero-order valence-electron chi connectivity index (χ0n) is 14.5. The molecule has 0 fully saturated rings. The lowest BCUT2D eigenvalue weighted by Gasteiger charge is -2.18. The standard InChI is InChI=1S/C19H19FN2O5/c1-12-5-8-14(9-6-12)21-19(25)27-17(3-2-4-18(24)22-26)13-7-10-16(23)15(20)11-13/h2,4-11,17,23,26H,3H2,1H3,(H,21,25)(H,22,24)/b4-2+/t17-/m0/s1. The Labute approximate surface area is 155 Å². The minimum Gasteiger partial charge on any atom is -0.505 e. The lowest BCUT2D eigenvalue weighted by molar-refractivity contribution is -0.124. The van der Waals surface area contributed by atoms with E-state index in [1.807, 2.05) is 19.1 Å². The molecule has 2 amide bonds. The van der Waals surface area contributed by atoms with Crippen molar-refractivity contribution in [2.75, 3.05) is 5.32 Å². The molecule has 0 aliphatic carbocycles. The number of ether oxygens (including phenoxy) is 1. The van der Waals surface area contributed by atoms with Crippen LogP contribution in [0.1, 0.15) is 23.7 Å². The predicted octanol–water partition coefficient (Wildman–Crippen LogP) is 3.58. The Morgan fingerprint density at radius 2 is 1.93 bits per heavy atom. The molecule has 27 heavy (non-hydrogen) atoms. The number of phenolic OH excluding ortho intramolecular Hbond substituents is 1. The summed E-state index contributed by atoms with van der Waals surface area (Å²) in [7, 11) is 0. The summed E-state index contributed by atoms with van der Waals surface area (Å²) in [6.45, 7) is 1.91. The van der Waals surface area contributed by atoms with E-state index in [4.69, 9.17) is 9.94 Å². The molecule has 0 aromatic heterocycles. The summed E-state index contributed by atoms with van der Waals surface area (Å²) in [6.07, 6.45) is 0.759. The van der Waals surface area contributed by atoms with Gasteiger partial charge in [0.1, 0.15) is 6.10 Å². The summed E-state index contributed by atoms with van der Waals surface area (Å²) >= 11 is 0. The highest BCUT2D eigenvalue weighted by molar-refractivity contribution is 5.86. The topological polar surface area (TPSA) is 108 Å². The van der Waals surface area contributed by atoms with Crippen LogP contribution in [0.4, 0.5) is 14.9 Å². The Bertz CT molecular complexity index is 836. The Hall–Kier alpha value is -3.39. The van der Waals surface area contributed by atoms with Crippen molar-refractivity contribution in [3.05, 3.63) is 71.6 Å². The highest BCUT2D eigenvalue weighted by Crippen LogP contribution is 2.26. The molecule has 142 valence electrons. The van der Waals surface area contributed by atoms with Crippen LogP contribution in [0.5, 0.6) is 5.75 Å². The maximum Gasteiger partial charge on any atom is 0.412 e. The number of rotatable bonds is 6. The second kappa shape index (κ2) is 9.35. The van der Waals surface area contributed by atoms with Crippen LogP contribution in [0.25, 0.3) is 0 Å². The van der Waals surface area contributed by atoms with Gasteiger partial charge in [-0.25, -0.2) is 14.7 Å². The first-order valence-electron chi connectivity index (χ1n) is 8.02. The summed E-state index contributed by atoms with van der Waals surface area (Å²) in [5.74, 6) is -2.15. The van der Waals surface area contributed by atoms with Crippen LogP contribution < -0.4 is 10.8 Å². The molecule has 0 unspecified atom stereocenters. The largest absolute Gasteiger partial charge is 0.505 e. The molecule has 0 heterocycles. The summed E-state index contributed by atoms with van der Waals surface area (Å²) in [5.41, 5.74) is 3.28. The van der Waals surface area contributed by atoms with Crippen LogP contribution in [0, 0.1) is 12.7 Å². The number of carbonyl (C=O) groups is 2. The van der Waals surface area contributed by atoms with E-state index < -0.39 is 29.7 Å². The van der Waals surface area contributed by atoms with E-state index in [1.165, 1.54) is 17.6 Å². The maximum atomic E-state index is 13.6. The molecule has 2 aromatic rings. The fourth-order valence-corrected chi connectivity index (χ4v) is 2.23. The van der Waals surface area contributed by atoms with Crippen LogP contribution >= 0.6 is 0 Å². The predicted molar refractivity (Wildman–Crippen MR) is 95.8 cm³/mol. The van der Waals surface area contributed by atoms with Crippen LogP contribution in [-0.2, 0) is 9.53 Å². The quantitative estimate of drug-likeness (QED) is 0.351. The van der Waals surface area contributed by atoms with Crippen molar-refractivity contribution in [3.63, 3.8) is 0 Å². The average Bonchev–Trinajstić information content (AvgIpc) is 2.65. The van der Waals surface area contributed by atoms with Gasteiger partial charge in [-0.2, -0.15) is 0 Å². The molecule has 0 radical (unpaired) electrons. The van der Waals surface area contributed by atoms with Gasteiger partial charge in [0.05, 0.1) is 0 Å². The van der Waals surface area contributed by atoms with E-state index in [0.717, 1.165) is 23.8 Å². The molecular weight excluding hydrogens is 355 g/mol. The lowest BCUT2D eigenvalue weighted by atomic mass is 10.1. The second-order valence-corrected chi connectivity index (χ2v) is 5.71. The van der Waals surface area contributed by atoms with Crippen molar-refractivity contribution in [1.29, 1.82) is 0 Å². The number of carbonyl (C=O) groups excluding carboxylic acids is 2. The van der Waals surface area contributed by atoms with Gasteiger partial charge in [-0.3, -0.25) is 15.3 Å². The fraction of sp³-hybridized carbons (Fsp3) is 0.158. The van der Waals surface area contributed by atoms with E-state index >= 15 is 0 Å². The number of aryl methyl sites for hydroxylation is 1. The number of amides is 2. The molecule has 0 saturated heterocycles. The van der Waals surface area contributed by atoms with Crippen LogP contribution in [0.3, 0.4) is 0 Å². The number of benzene rings is 2. The Morgan fingerprint density at radius 3 is 2.56 bits per heavy atom. The third kappa shape index (κ3) is 6.12. The monoisotopic (exact) mass is 374 g/mol. The van der Waals surface area contributed by atoms with Gasteiger partial charge in [0, 0.05) is 18.2 Å². The highest BCUT2D eigenvalue weighted by Gasteiger charge is 2.18. The van der Waals surface area contributed by atoms with Crippen molar-refractivity contribution in [2.24, 2.45) is 0 Å². The van der Waals surface area contributed by atoms with Gasteiger partial charge in [0.25, 0.3) is 5.91 Å². The molecule has 0 saturated carbocycles. The summed E-state index contributed by atoms with van der Waals surface area (Å²) in [6, 6.07) is 10.6. The lowest BCUT2D eigenvalue weighted by Crippen LogP contribution is -2.18. The smallest absolute Gasteiger partial charge is 0.412 e. The van der Waals surface area contributed by atoms with E-state index in [2.05, 4.69) is 5.32 Å². The number of hydroxylamine groups is 1. The molecule has 8 heteroatoms. The van der Waals surface area contributed by atoms with Crippen molar-refractivity contribution in [2.45, 2.75) is 19.4 Å². The molecule has 0 aliphatic rings. The normalized spacial score (nSPS) is 11.8. The van der Waals surface area contributed by atoms with Gasteiger partial charge in [-0.15, -0.1) is 0 Å². The van der Waals surface area contributed by atoms with Gasteiger partial charge in [-0.1, -0.05) is 29.8 Å². The Balaban J connectivity index is 2.13. The van der Waals surface area contributed by atoms with Gasteiger partial charge in [-0.05, 0) is 36.8 Å². The average molecular weight is 374 g/mol. The first kappa shape index (κ1) is 19.9. The van der Waals surface area contributed by atoms with E-state index in [9.17, 15) is 19.1 Å². The molecule has 7 nitrogen and oxygen atoms in total. The van der Waals surface area contributed by atoms with Crippen molar-refractivity contribution in [3.8, 4) is 5.75 Å². The molecule has 0 spiro atoms. The van der Waals surface area contributed by atoms with E-state index in [1.54, 1.807) is 12.1 Å². The Morgan fingerprint density at radius 1 is 1.22 bits per heavy atom. The number of hydrogen-bond acceptors (Lipinski definition) is 5. The molecule has 2 rings (SSSR count). The van der Waals surface area contributed by atoms with Gasteiger partial charge < -0.3 is 9.84 Å².